The molecule has 0 aromatic carbocycles. The number of aromatic nitrogens is 1. The Labute approximate surface area is 103 Å². The van der Waals surface area contributed by atoms with E-state index in [9.17, 15) is 4.79 Å². The molecule has 0 radical (unpaired) electrons. The van der Waals surface area contributed by atoms with Crippen LogP contribution in [0.15, 0.2) is 24.5 Å². The van der Waals surface area contributed by atoms with E-state index < -0.39 is 0 Å². The first kappa shape index (κ1) is 12.3. The van der Waals surface area contributed by atoms with Crippen LogP contribution in [-0.2, 0) is 11.2 Å². The van der Waals surface area contributed by atoms with E-state index in [0.717, 1.165) is 24.3 Å². The molecule has 0 aliphatic heterocycles. The summed E-state index contributed by atoms with van der Waals surface area (Å²) in [5, 5.41) is 0. The van der Waals surface area contributed by atoms with E-state index in [1.165, 1.54) is 19.3 Å². The molecule has 1 aliphatic carbocycles. The number of rotatable bonds is 4. The largest absolute Gasteiger partial charge is 0.299 e. The quantitative estimate of drug-likeness (QED) is 0.794. The van der Waals surface area contributed by atoms with Crippen molar-refractivity contribution in [3.05, 3.63) is 30.1 Å². The van der Waals surface area contributed by atoms with Crippen LogP contribution in [0.25, 0.3) is 0 Å². The number of Topliss-reactive ketones (excluding diaryl/α,β-unsaturated/α-hetero) is 1. The molecule has 1 fully saturated rings. The van der Waals surface area contributed by atoms with Gasteiger partial charge < -0.3 is 0 Å². The molecule has 0 unspecified atom stereocenters. The molecule has 2 heteroatoms. The summed E-state index contributed by atoms with van der Waals surface area (Å²) in [4.78, 5) is 16.2. The summed E-state index contributed by atoms with van der Waals surface area (Å²) < 4.78 is 0. The zero-order valence-electron chi connectivity index (χ0n) is 10.6. The van der Waals surface area contributed by atoms with Crippen LogP contribution in [-0.4, -0.2) is 10.8 Å². The molecular weight excluding hydrogens is 210 g/mol. The molecule has 0 saturated heterocycles. The highest BCUT2D eigenvalue weighted by Crippen LogP contribution is 2.31. The van der Waals surface area contributed by atoms with E-state index in [-0.39, 0.29) is 0 Å². The molecule has 0 bridgehead atoms. The van der Waals surface area contributed by atoms with Gasteiger partial charge in [-0.3, -0.25) is 9.78 Å². The second-order valence-corrected chi connectivity index (χ2v) is 5.13. The summed E-state index contributed by atoms with van der Waals surface area (Å²) in [7, 11) is 0. The lowest BCUT2D eigenvalue weighted by atomic mass is 9.78. The van der Waals surface area contributed by atoms with Crippen molar-refractivity contribution in [1.82, 2.24) is 4.98 Å². The average molecular weight is 231 g/mol. The van der Waals surface area contributed by atoms with Gasteiger partial charge in [0.1, 0.15) is 5.78 Å². The highest BCUT2D eigenvalue weighted by molar-refractivity contribution is 5.83. The van der Waals surface area contributed by atoms with E-state index in [0.29, 0.717) is 18.1 Å². The minimum absolute atomic E-state index is 0.304. The van der Waals surface area contributed by atoms with E-state index in [4.69, 9.17) is 0 Å². The topological polar surface area (TPSA) is 30.0 Å². The first-order chi connectivity index (χ1) is 8.29. The van der Waals surface area contributed by atoms with Gasteiger partial charge in [-0.1, -0.05) is 19.4 Å². The Hall–Kier alpha value is -1.18. The Kier molecular flexibility index (Phi) is 4.29. The van der Waals surface area contributed by atoms with Crippen molar-refractivity contribution in [2.45, 2.75) is 45.4 Å². The number of nitrogens with zero attached hydrogens (tertiary/aromatic N) is 1. The standard InChI is InChI=1S/C15H21NO/c1-2-12-5-7-14(8-6-12)15(17)10-13-4-3-9-16-11-13/h3-4,9,11-12,14H,2,5-8,10H2,1H3. The number of carbonyl (C=O) groups excluding carboxylic acids is 1. The minimum Gasteiger partial charge on any atom is -0.299 e. The van der Waals surface area contributed by atoms with Gasteiger partial charge in [-0.15, -0.1) is 0 Å². The molecule has 17 heavy (non-hydrogen) atoms. The summed E-state index contributed by atoms with van der Waals surface area (Å²) >= 11 is 0. The van der Waals surface area contributed by atoms with Gasteiger partial charge in [-0.05, 0) is 43.2 Å². The first-order valence-electron chi connectivity index (χ1n) is 6.71. The van der Waals surface area contributed by atoms with E-state index in [1.807, 2.05) is 12.1 Å². The van der Waals surface area contributed by atoms with Gasteiger partial charge in [0.15, 0.2) is 0 Å². The maximum Gasteiger partial charge on any atom is 0.140 e. The number of hydrogen-bond acceptors (Lipinski definition) is 2. The van der Waals surface area contributed by atoms with Crippen molar-refractivity contribution in [3.63, 3.8) is 0 Å². The monoisotopic (exact) mass is 231 g/mol. The van der Waals surface area contributed by atoms with Crippen molar-refractivity contribution >= 4 is 5.78 Å². The summed E-state index contributed by atoms with van der Waals surface area (Å²) in [6.07, 6.45) is 10.0. The maximum atomic E-state index is 12.1. The lowest BCUT2D eigenvalue weighted by Crippen LogP contribution is -2.23. The number of hydrogen-bond donors (Lipinski definition) is 0. The van der Waals surface area contributed by atoms with Crippen molar-refractivity contribution in [2.75, 3.05) is 0 Å². The zero-order valence-corrected chi connectivity index (χ0v) is 10.6. The summed E-state index contributed by atoms with van der Waals surface area (Å²) in [5.74, 6) is 1.57. The Morgan fingerprint density at radius 2 is 2.12 bits per heavy atom. The Morgan fingerprint density at radius 1 is 1.35 bits per heavy atom. The summed E-state index contributed by atoms with van der Waals surface area (Å²) in [6, 6.07) is 3.89. The fourth-order valence-electron chi connectivity index (χ4n) is 2.74. The predicted molar refractivity (Wildman–Crippen MR) is 68.7 cm³/mol. The highest BCUT2D eigenvalue weighted by atomic mass is 16.1. The van der Waals surface area contributed by atoms with Gasteiger partial charge in [0.25, 0.3) is 0 Å². The molecule has 2 nitrogen and oxygen atoms in total. The minimum atomic E-state index is 0.304. The fraction of sp³-hybridized carbons (Fsp3) is 0.600. The molecule has 2 rings (SSSR count). The number of carbonyl (C=O) groups is 1. The van der Waals surface area contributed by atoms with E-state index in [2.05, 4.69) is 11.9 Å². The predicted octanol–water partition coefficient (Wildman–Crippen LogP) is 3.41. The molecule has 1 aliphatic rings. The van der Waals surface area contributed by atoms with Crippen LogP contribution in [0.5, 0.6) is 0 Å². The smallest absolute Gasteiger partial charge is 0.140 e. The van der Waals surface area contributed by atoms with Crippen LogP contribution in [0, 0.1) is 11.8 Å². The third kappa shape index (κ3) is 3.39. The van der Waals surface area contributed by atoms with Gasteiger partial charge in [0, 0.05) is 24.7 Å². The number of pyridine rings is 1. The van der Waals surface area contributed by atoms with E-state index in [1.54, 1.807) is 12.4 Å². The van der Waals surface area contributed by atoms with Gasteiger partial charge in [-0.25, -0.2) is 0 Å². The third-order valence-electron chi connectivity index (χ3n) is 3.98. The Balaban J connectivity index is 1.85. The van der Waals surface area contributed by atoms with Gasteiger partial charge in [0.2, 0.25) is 0 Å². The molecule has 1 heterocycles. The average Bonchev–Trinajstić information content (AvgIpc) is 2.40. The normalized spacial score (nSPS) is 24.5. The van der Waals surface area contributed by atoms with Gasteiger partial charge >= 0.3 is 0 Å². The SMILES string of the molecule is CCC1CCC(C(=O)Cc2cccnc2)CC1. The molecule has 1 saturated carbocycles. The molecule has 92 valence electrons. The van der Waals surface area contributed by atoms with Crippen molar-refractivity contribution < 1.29 is 4.79 Å². The zero-order chi connectivity index (χ0) is 12.1. The molecule has 1 aromatic rings. The Bertz CT molecular complexity index is 352. The van der Waals surface area contributed by atoms with Gasteiger partial charge in [-0.2, -0.15) is 0 Å². The van der Waals surface area contributed by atoms with Crippen LogP contribution >= 0.6 is 0 Å². The second kappa shape index (κ2) is 5.95. The lowest BCUT2D eigenvalue weighted by molar-refractivity contribution is -0.123. The van der Waals surface area contributed by atoms with Crippen LogP contribution in [0.1, 0.15) is 44.6 Å². The molecule has 0 N–H and O–H groups in total. The molecule has 0 spiro atoms. The van der Waals surface area contributed by atoms with Crippen LogP contribution < -0.4 is 0 Å². The van der Waals surface area contributed by atoms with Crippen molar-refractivity contribution in [2.24, 2.45) is 11.8 Å². The Morgan fingerprint density at radius 3 is 2.71 bits per heavy atom. The number of ketones is 1. The van der Waals surface area contributed by atoms with Crippen molar-refractivity contribution in [1.29, 1.82) is 0 Å². The van der Waals surface area contributed by atoms with Crippen LogP contribution in [0.3, 0.4) is 0 Å². The van der Waals surface area contributed by atoms with Crippen molar-refractivity contribution in [3.8, 4) is 0 Å². The molecule has 0 amide bonds. The molecule has 1 aromatic heterocycles. The third-order valence-corrected chi connectivity index (χ3v) is 3.98. The molecule has 0 atom stereocenters. The van der Waals surface area contributed by atoms with Gasteiger partial charge in [0.05, 0.1) is 0 Å². The summed E-state index contributed by atoms with van der Waals surface area (Å²) in [6.45, 7) is 2.25. The highest BCUT2D eigenvalue weighted by Gasteiger charge is 2.25. The summed E-state index contributed by atoms with van der Waals surface area (Å²) in [5.41, 5.74) is 1.05. The second-order valence-electron chi connectivity index (χ2n) is 5.13. The fourth-order valence-corrected chi connectivity index (χ4v) is 2.74. The van der Waals surface area contributed by atoms with E-state index >= 15 is 0 Å². The lowest BCUT2D eigenvalue weighted by Gasteiger charge is -2.26. The first-order valence-corrected chi connectivity index (χ1v) is 6.71. The van der Waals surface area contributed by atoms with Crippen LogP contribution in [0.4, 0.5) is 0 Å². The maximum absolute atomic E-state index is 12.1. The molecular formula is C15H21NO. The van der Waals surface area contributed by atoms with Crippen LogP contribution in [0.2, 0.25) is 0 Å².